The summed E-state index contributed by atoms with van der Waals surface area (Å²) in [5.74, 6) is -1.64. The van der Waals surface area contributed by atoms with E-state index in [1.165, 1.54) is 37.0 Å². The number of thiophene rings is 1. The van der Waals surface area contributed by atoms with E-state index < -0.39 is 35.5 Å². The Kier molecular flexibility index (Phi) is 11.6. The monoisotopic (exact) mass is 743 g/mol. The van der Waals surface area contributed by atoms with Crippen LogP contribution in [0.15, 0.2) is 94.5 Å². The fourth-order valence-corrected chi connectivity index (χ4v) is 7.13. The number of aromatic nitrogens is 4. The fourth-order valence-electron chi connectivity index (χ4n) is 5.83. The number of rotatable bonds is 14. The third kappa shape index (κ3) is 8.15. The standard InChI is InChI=1S/C37H35F2N7O6S/c1-50-19-18-44(20-23-8-5-4-6-9-23)21-27-32-34(47)46(30-16-17-31(51-2)42-41-30)37(49)45(22-26-28(38)10-7-11-29(26)39)35(32)53-33(27)24-12-14-25(15-13-24)40-36(48)43-52-3/h4-17H,18-22H2,1-3H3,(H2,40,43,48). The van der Waals surface area contributed by atoms with E-state index in [0.717, 1.165) is 33.6 Å². The largest absolute Gasteiger partial charge is 0.480 e. The van der Waals surface area contributed by atoms with Crippen molar-refractivity contribution in [3.8, 4) is 22.1 Å². The third-order valence-electron chi connectivity index (χ3n) is 8.36. The molecule has 3 aromatic heterocycles. The van der Waals surface area contributed by atoms with Crippen molar-refractivity contribution in [2.45, 2.75) is 19.6 Å². The molecule has 53 heavy (non-hydrogen) atoms. The van der Waals surface area contributed by atoms with E-state index in [4.69, 9.17) is 9.47 Å². The Labute approximate surface area is 306 Å². The van der Waals surface area contributed by atoms with Gasteiger partial charge in [0.1, 0.15) is 16.5 Å². The van der Waals surface area contributed by atoms with Crippen LogP contribution in [0.25, 0.3) is 26.5 Å². The van der Waals surface area contributed by atoms with Crippen molar-refractivity contribution in [2.24, 2.45) is 0 Å². The summed E-state index contributed by atoms with van der Waals surface area (Å²) in [4.78, 5) is 48.8. The fraction of sp³-hybridized carbons (Fsp3) is 0.216. The van der Waals surface area contributed by atoms with Crippen LogP contribution >= 0.6 is 11.3 Å². The van der Waals surface area contributed by atoms with Crippen molar-refractivity contribution in [3.63, 3.8) is 0 Å². The molecule has 2 N–H and O–H groups in total. The summed E-state index contributed by atoms with van der Waals surface area (Å²) < 4.78 is 42.9. The summed E-state index contributed by atoms with van der Waals surface area (Å²) in [7, 11) is 4.32. The first-order chi connectivity index (χ1) is 25.7. The summed E-state index contributed by atoms with van der Waals surface area (Å²) >= 11 is 1.14. The molecule has 0 aliphatic carbocycles. The molecule has 13 nitrogen and oxygen atoms in total. The molecule has 0 saturated carbocycles. The average molecular weight is 744 g/mol. The lowest BCUT2D eigenvalue weighted by atomic mass is 10.1. The van der Waals surface area contributed by atoms with Gasteiger partial charge in [-0.2, -0.15) is 0 Å². The van der Waals surface area contributed by atoms with Gasteiger partial charge in [0.15, 0.2) is 5.82 Å². The molecule has 0 atom stereocenters. The van der Waals surface area contributed by atoms with Crippen LogP contribution in [0.2, 0.25) is 0 Å². The molecule has 274 valence electrons. The number of benzene rings is 3. The lowest BCUT2D eigenvalue weighted by Gasteiger charge is -2.23. The highest BCUT2D eigenvalue weighted by Gasteiger charge is 2.27. The number of nitrogens with zero attached hydrogens (tertiary/aromatic N) is 5. The number of anilines is 1. The van der Waals surface area contributed by atoms with Gasteiger partial charge in [0.2, 0.25) is 5.88 Å². The number of nitrogens with one attached hydrogen (secondary N) is 2. The molecule has 0 radical (unpaired) electrons. The highest BCUT2D eigenvalue weighted by Crippen LogP contribution is 2.39. The third-order valence-corrected chi connectivity index (χ3v) is 9.66. The van der Waals surface area contributed by atoms with Gasteiger partial charge in [-0.3, -0.25) is 19.1 Å². The SMILES string of the molecule is COCCN(Cc1ccccc1)Cc1c(-c2ccc(NC(=O)NOC)cc2)sc2c1c(=O)n(-c1ccc(OC)nn1)c(=O)n2Cc1c(F)cccc1F. The highest BCUT2D eigenvalue weighted by atomic mass is 32.1. The molecule has 3 aromatic carbocycles. The number of hydroxylamine groups is 1. The molecule has 6 aromatic rings. The first kappa shape index (κ1) is 37.0. The summed E-state index contributed by atoms with van der Waals surface area (Å²) in [6.07, 6.45) is 0. The van der Waals surface area contributed by atoms with Crippen LogP contribution in [-0.4, -0.2) is 64.7 Å². The summed E-state index contributed by atoms with van der Waals surface area (Å²) in [5, 5.41) is 10.9. The van der Waals surface area contributed by atoms with Gasteiger partial charge in [0.25, 0.3) is 5.56 Å². The minimum atomic E-state index is -0.867. The summed E-state index contributed by atoms with van der Waals surface area (Å²) in [5.41, 5.74) is 3.00. The van der Waals surface area contributed by atoms with E-state index in [0.29, 0.717) is 41.4 Å². The number of halogens is 2. The Bertz CT molecular complexity index is 2310. The number of fused-ring (bicyclic) bond motifs is 1. The normalized spacial score (nSPS) is 11.3. The Morgan fingerprint density at radius 1 is 0.868 bits per heavy atom. The number of hydrogen-bond donors (Lipinski definition) is 2. The van der Waals surface area contributed by atoms with Gasteiger partial charge in [0.05, 0.1) is 32.8 Å². The molecule has 0 spiro atoms. The number of carbonyl (C=O) groups excluding carboxylic acids is 1. The quantitative estimate of drug-likeness (QED) is 0.142. The van der Waals surface area contributed by atoms with Crippen LogP contribution < -0.4 is 26.8 Å². The zero-order valence-electron chi connectivity index (χ0n) is 29.0. The molecule has 6 rings (SSSR count). The molecule has 0 aliphatic heterocycles. The van der Waals surface area contributed by atoms with Gasteiger partial charge < -0.3 is 14.8 Å². The number of methoxy groups -OCH3 is 2. The number of urea groups is 1. The second-order valence-electron chi connectivity index (χ2n) is 11.8. The van der Waals surface area contributed by atoms with Gasteiger partial charge in [0, 0.05) is 48.9 Å². The molecule has 0 aliphatic rings. The zero-order valence-corrected chi connectivity index (χ0v) is 29.8. The second kappa shape index (κ2) is 16.7. The first-order valence-electron chi connectivity index (χ1n) is 16.3. The van der Waals surface area contributed by atoms with Gasteiger partial charge in [-0.05, 0) is 47.0 Å². The van der Waals surface area contributed by atoms with Gasteiger partial charge >= 0.3 is 11.7 Å². The van der Waals surface area contributed by atoms with Crippen LogP contribution in [0.5, 0.6) is 5.88 Å². The molecule has 3 heterocycles. The molecular formula is C37H35F2N7O6S. The first-order valence-corrected chi connectivity index (χ1v) is 17.1. The van der Waals surface area contributed by atoms with Crippen molar-refractivity contribution in [1.82, 2.24) is 29.7 Å². The van der Waals surface area contributed by atoms with E-state index in [1.54, 1.807) is 31.4 Å². The summed E-state index contributed by atoms with van der Waals surface area (Å²) in [6.45, 7) is 1.07. The molecule has 0 fully saturated rings. The maximum absolute atomic E-state index is 15.2. The van der Waals surface area contributed by atoms with Gasteiger partial charge in [-0.25, -0.2) is 28.4 Å². The maximum atomic E-state index is 15.2. The van der Waals surface area contributed by atoms with Crippen LogP contribution in [-0.2, 0) is 29.2 Å². The molecule has 0 saturated heterocycles. The average Bonchev–Trinajstić information content (AvgIpc) is 3.53. The van der Waals surface area contributed by atoms with Crippen molar-refractivity contribution < 1.29 is 27.9 Å². The minimum Gasteiger partial charge on any atom is -0.480 e. The van der Waals surface area contributed by atoms with Crippen molar-refractivity contribution in [3.05, 3.63) is 134 Å². The van der Waals surface area contributed by atoms with E-state index in [-0.39, 0.29) is 34.0 Å². The molecule has 0 bridgehead atoms. The second-order valence-corrected chi connectivity index (χ2v) is 12.8. The van der Waals surface area contributed by atoms with E-state index in [1.807, 2.05) is 30.3 Å². The Hall–Kier alpha value is -5.81. The lowest BCUT2D eigenvalue weighted by Crippen LogP contribution is -2.40. The highest BCUT2D eigenvalue weighted by molar-refractivity contribution is 7.22. The predicted octanol–water partition coefficient (Wildman–Crippen LogP) is 5.34. The van der Waals surface area contributed by atoms with Gasteiger partial charge in [-0.15, -0.1) is 21.5 Å². The van der Waals surface area contributed by atoms with Crippen LogP contribution in [0.3, 0.4) is 0 Å². The smallest absolute Gasteiger partial charge is 0.343 e. The molecule has 2 amide bonds. The lowest BCUT2D eigenvalue weighted by molar-refractivity contribution is 0.114. The van der Waals surface area contributed by atoms with E-state index >= 15 is 8.78 Å². The summed E-state index contributed by atoms with van der Waals surface area (Å²) in [6, 6.07) is 22.4. The number of amides is 2. The Morgan fingerprint density at radius 2 is 1.60 bits per heavy atom. The Balaban J connectivity index is 1.62. The van der Waals surface area contributed by atoms with Crippen LogP contribution in [0, 0.1) is 11.6 Å². The number of hydrogen-bond acceptors (Lipinski definition) is 10. The van der Waals surface area contributed by atoms with E-state index in [2.05, 4.69) is 30.7 Å². The zero-order chi connectivity index (χ0) is 37.5. The molecule has 0 unspecified atom stereocenters. The van der Waals surface area contributed by atoms with E-state index in [9.17, 15) is 14.4 Å². The number of ether oxygens (including phenoxy) is 2. The topological polar surface area (TPSA) is 142 Å². The van der Waals surface area contributed by atoms with Crippen molar-refractivity contribution in [2.75, 3.05) is 39.8 Å². The molecule has 16 heteroatoms. The maximum Gasteiger partial charge on any atom is 0.343 e. The van der Waals surface area contributed by atoms with Crippen LogP contribution in [0.4, 0.5) is 19.3 Å². The van der Waals surface area contributed by atoms with Crippen molar-refractivity contribution in [1.29, 1.82) is 0 Å². The predicted molar refractivity (Wildman–Crippen MR) is 196 cm³/mol. The minimum absolute atomic E-state index is 0.102. The van der Waals surface area contributed by atoms with Gasteiger partial charge in [-0.1, -0.05) is 48.5 Å². The number of carbonyl (C=O) groups is 1. The van der Waals surface area contributed by atoms with Crippen LogP contribution in [0.1, 0.15) is 16.7 Å². The van der Waals surface area contributed by atoms with Crippen molar-refractivity contribution >= 4 is 33.3 Å². The Morgan fingerprint density at radius 3 is 2.25 bits per heavy atom. The molecular weight excluding hydrogens is 709 g/mol.